The van der Waals surface area contributed by atoms with Crippen LogP contribution in [0.5, 0.6) is 0 Å². The zero-order chi connectivity index (χ0) is 13.5. The summed E-state index contributed by atoms with van der Waals surface area (Å²) < 4.78 is 25.9. The highest BCUT2D eigenvalue weighted by Crippen LogP contribution is 2.18. The maximum atomic E-state index is 13.1. The maximum Gasteiger partial charge on any atom is 0.159 e. The molecule has 0 aliphatic heterocycles. The van der Waals surface area contributed by atoms with Crippen molar-refractivity contribution in [1.29, 1.82) is 0 Å². The molecule has 3 heteroatoms. The summed E-state index contributed by atoms with van der Waals surface area (Å²) in [5.74, 6) is -0.565. The second kappa shape index (κ2) is 7.47. The van der Waals surface area contributed by atoms with Gasteiger partial charge in [-0.1, -0.05) is 26.8 Å². The molecular formula is C15H23F2N. The van der Waals surface area contributed by atoms with Crippen LogP contribution < -0.4 is 5.32 Å². The van der Waals surface area contributed by atoms with E-state index in [1.165, 1.54) is 12.1 Å². The summed E-state index contributed by atoms with van der Waals surface area (Å²) in [6, 6.07) is 4.18. The first-order chi connectivity index (χ1) is 8.54. The predicted molar refractivity (Wildman–Crippen MR) is 71.6 cm³/mol. The number of benzene rings is 1. The molecule has 2 atom stereocenters. The quantitative estimate of drug-likeness (QED) is 0.731. The van der Waals surface area contributed by atoms with Crippen molar-refractivity contribution in [3.63, 3.8) is 0 Å². The van der Waals surface area contributed by atoms with Crippen LogP contribution >= 0.6 is 0 Å². The Bertz CT molecular complexity index is 366. The van der Waals surface area contributed by atoms with Crippen molar-refractivity contribution in [2.45, 2.75) is 33.6 Å². The molecule has 0 aliphatic rings. The van der Waals surface area contributed by atoms with Crippen LogP contribution in [0.1, 0.15) is 32.8 Å². The number of nitrogens with one attached hydrogen (secondary N) is 1. The molecule has 1 rings (SSSR count). The minimum absolute atomic E-state index is 0.444. The van der Waals surface area contributed by atoms with Crippen molar-refractivity contribution in [1.82, 2.24) is 5.32 Å². The fourth-order valence-corrected chi connectivity index (χ4v) is 1.95. The Morgan fingerprint density at radius 2 is 1.83 bits per heavy atom. The van der Waals surface area contributed by atoms with Crippen LogP contribution in [0.2, 0.25) is 0 Å². The van der Waals surface area contributed by atoms with Gasteiger partial charge in [0.05, 0.1) is 0 Å². The molecule has 0 bridgehead atoms. The summed E-state index contributed by atoms with van der Waals surface area (Å²) in [5, 5.41) is 3.39. The van der Waals surface area contributed by atoms with E-state index in [0.717, 1.165) is 31.5 Å². The average molecular weight is 255 g/mol. The second-order valence-electron chi connectivity index (χ2n) is 5.11. The van der Waals surface area contributed by atoms with Crippen molar-refractivity contribution in [2.75, 3.05) is 13.1 Å². The Balaban J connectivity index is 2.47. The minimum atomic E-state index is -0.774. The normalized spacial score (nSPS) is 14.5. The summed E-state index contributed by atoms with van der Waals surface area (Å²) in [6.45, 7) is 8.48. The number of hydrogen-bond acceptors (Lipinski definition) is 1. The molecule has 1 aromatic rings. The minimum Gasteiger partial charge on any atom is -0.316 e. The summed E-state index contributed by atoms with van der Waals surface area (Å²) in [6.07, 6.45) is 1.91. The Hall–Kier alpha value is -0.960. The molecule has 0 fully saturated rings. The van der Waals surface area contributed by atoms with Gasteiger partial charge in [-0.05, 0) is 55.5 Å². The first-order valence-corrected chi connectivity index (χ1v) is 6.69. The molecule has 1 N–H and O–H groups in total. The third kappa shape index (κ3) is 4.73. The zero-order valence-electron chi connectivity index (χ0n) is 11.5. The molecule has 0 aliphatic carbocycles. The summed E-state index contributed by atoms with van der Waals surface area (Å²) in [5.41, 5.74) is 0.865. The summed E-state index contributed by atoms with van der Waals surface area (Å²) in [4.78, 5) is 0. The average Bonchev–Trinajstić information content (AvgIpc) is 2.34. The molecule has 2 unspecified atom stereocenters. The molecule has 1 aromatic carbocycles. The van der Waals surface area contributed by atoms with Gasteiger partial charge in [0.15, 0.2) is 11.6 Å². The van der Waals surface area contributed by atoms with E-state index < -0.39 is 11.6 Å². The van der Waals surface area contributed by atoms with Crippen molar-refractivity contribution < 1.29 is 8.78 Å². The predicted octanol–water partition coefficient (Wildman–Crippen LogP) is 3.78. The molecule has 0 amide bonds. The van der Waals surface area contributed by atoms with Gasteiger partial charge in [-0.2, -0.15) is 0 Å². The fraction of sp³-hybridized carbons (Fsp3) is 0.600. The van der Waals surface area contributed by atoms with Gasteiger partial charge >= 0.3 is 0 Å². The lowest BCUT2D eigenvalue weighted by Crippen LogP contribution is -2.26. The highest BCUT2D eigenvalue weighted by atomic mass is 19.2. The molecule has 0 spiro atoms. The Kier molecular flexibility index (Phi) is 6.27. The van der Waals surface area contributed by atoms with Gasteiger partial charge in [-0.15, -0.1) is 0 Å². The first-order valence-electron chi connectivity index (χ1n) is 6.69. The van der Waals surface area contributed by atoms with Crippen LogP contribution in [-0.2, 0) is 6.42 Å². The van der Waals surface area contributed by atoms with E-state index in [1.807, 2.05) is 0 Å². The Morgan fingerprint density at radius 1 is 1.11 bits per heavy atom. The van der Waals surface area contributed by atoms with Gasteiger partial charge in [0.2, 0.25) is 0 Å². The van der Waals surface area contributed by atoms with Crippen LogP contribution in [0.15, 0.2) is 18.2 Å². The topological polar surface area (TPSA) is 12.0 Å². The van der Waals surface area contributed by atoms with Crippen LogP contribution in [0.4, 0.5) is 8.78 Å². The van der Waals surface area contributed by atoms with Crippen molar-refractivity contribution in [3.05, 3.63) is 35.4 Å². The van der Waals surface area contributed by atoms with E-state index in [9.17, 15) is 8.78 Å². The SMILES string of the molecule is CCCNCC(C)C(C)Cc1ccc(F)c(F)c1. The van der Waals surface area contributed by atoms with E-state index in [1.54, 1.807) is 6.07 Å². The van der Waals surface area contributed by atoms with E-state index in [0.29, 0.717) is 11.8 Å². The second-order valence-corrected chi connectivity index (χ2v) is 5.11. The van der Waals surface area contributed by atoms with Gasteiger partial charge in [-0.3, -0.25) is 0 Å². The van der Waals surface area contributed by atoms with Gasteiger partial charge in [-0.25, -0.2) is 8.78 Å². The van der Waals surface area contributed by atoms with Crippen LogP contribution in [-0.4, -0.2) is 13.1 Å². The molecule has 1 nitrogen and oxygen atoms in total. The largest absolute Gasteiger partial charge is 0.316 e. The molecular weight excluding hydrogens is 232 g/mol. The third-order valence-electron chi connectivity index (χ3n) is 3.41. The van der Waals surface area contributed by atoms with Crippen molar-refractivity contribution in [3.8, 4) is 0 Å². The number of hydrogen-bond donors (Lipinski definition) is 1. The van der Waals surface area contributed by atoms with Crippen LogP contribution in [0.25, 0.3) is 0 Å². The van der Waals surface area contributed by atoms with Crippen LogP contribution in [0, 0.1) is 23.5 Å². The molecule has 18 heavy (non-hydrogen) atoms. The van der Waals surface area contributed by atoms with Crippen molar-refractivity contribution in [2.24, 2.45) is 11.8 Å². The lowest BCUT2D eigenvalue weighted by molar-refractivity contribution is 0.365. The Morgan fingerprint density at radius 3 is 2.44 bits per heavy atom. The standard InChI is InChI=1S/C15H23F2N/c1-4-7-18-10-12(3)11(2)8-13-5-6-14(16)15(17)9-13/h5-6,9,11-12,18H,4,7-8,10H2,1-3H3. The Labute approximate surface area is 109 Å². The lowest BCUT2D eigenvalue weighted by atomic mass is 9.89. The zero-order valence-corrected chi connectivity index (χ0v) is 11.5. The summed E-state index contributed by atoms with van der Waals surface area (Å²) >= 11 is 0. The lowest BCUT2D eigenvalue weighted by Gasteiger charge is -2.20. The molecule has 102 valence electrons. The molecule has 0 heterocycles. The molecule has 0 saturated heterocycles. The monoisotopic (exact) mass is 255 g/mol. The molecule has 0 saturated carbocycles. The fourth-order valence-electron chi connectivity index (χ4n) is 1.95. The highest BCUT2D eigenvalue weighted by Gasteiger charge is 2.13. The maximum absolute atomic E-state index is 13.1. The summed E-state index contributed by atoms with van der Waals surface area (Å²) in [7, 11) is 0. The first kappa shape index (κ1) is 15.1. The molecule has 0 aromatic heterocycles. The van der Waals surface area contributed by atoms with Gasteiger partial charge in [0.25, 0.3) is 0 Å². The number of halogens is 2. The van der Waals surface area contributed by atoms with Gasteiger partial charge in [0, 0.05) is 0 Å². The van der Waals surface area contributed by atoms with E-state index in [2.05, 4.69) is 26.1 Å². The molecule has 0 radical (unpaired) electrons. The third-order valence-corrected chi connectivity index (χ3v) is 3.41. The smallest absolute Gasteiger partial charge is 0.159 e. The van der Waals surface area contributed by atoms with E-state index in [4.69, 9.17) is 0 Å². The van der Waals surface area contributed by atoms with Crippen molar-refractivity contribution >= 4 is 0 Å². The van der Waals surface area contributed by atoms with Crippen LogP contribution in [0.3, 0.4) is 0 Å². The van der Waals surface area contributed by atoms with E-state index >= 15 is 0 Å². The highest BCUT2D eigenvalue weighted by molar-refractivity contribution is 5.18. The van der Waals surface area contributed by atoms with E-state index in [-0.39, 0.29) is 0 Å². The van der Waals surface area contributed by atoms with Gasteiger partial charge < -0.3 is 5.32 Å². The van der Waals surface area contributed by atoms with Gasteiger partial charge in [0.1, 0.15) is 0 Å². The number of rotatable bonds is 7.